The summed E-state index contributed by atoms with van der Waals surface area (Å²) in [6.45, 7) is 0. The molecular weight excluding hydrogens is 294 g/mol. The van der Waals surface area contributed by atoms with Crippen molar-refractivity contribution in [2.75, 3.05) is 19.1 Å². The van der Waals surface area contributed by atoms with E-state index >= 15 is 0 Å². The van der Waals surface area contributed by atoms with Gasteiger partial charge in [-0.1, -0.05) is 48.5 Å². The summed E-state index contributed by atoms with van der Waals surface area (Å²) in [4.78, 5) is 25.8. The standard InChI is InChI=1S/C18H19NO4/c1-19(14-11-7-4-8-12-14)16(17(20)21)15(18(22)23-2)13-9-5-3-6-10-13/h3-12,15-16H,1-2H3,(H,20,21). The maximum atomic E-state index is 12.3. The second-order valence-electron chi connectivity index (χ2n) is 5.14. The average Bonchev–Trinajstić information content (AvgIpc) is 2.59. The van der Waals surface area contributed by atoms with E-state index in [2.05, 4.69) is 0 Å². The first-order valence-corrected chi connectivity index (χ1v) is 7.19. The second kappa shape index (κ2) is 7.45. The van der Waals surface area contributed by atoms with Gasteiger partial charge in [0.15, 0.2) is 0 Å². The first-order chi connectivity index (χ1) is 11.1. The largest absolute Gasteiger partial charge is 0.480 e. The average molecular weight is 313 g/mol. The van der Waals surface area contributed by atoms with Crippen LogP contribution in [0.4, 0.5) is 5.69 Å². The Morgan fingerprint density at radius 1 is 1.00 bits per heavy atom. The molecular formula is C18H19NO4. The van der Waals surface area contributed by atoms with Gasteiger partial charge in [-0.3, -0.25) is 4.79 Å². The lowest BCUT2D eigenvalue weighted by Gasteiger charge is -2.32. The maximum absolute atomic E-state index is 12.3. The Morgan fingerprint density at radius 2 is 1.52 bits per heavy atom. The third-order valence-corrected chi connectivity index (χ3v) is 3.76. The molecule has 0 bridgehead atoms. The Hall–Kier alpha value is -2.82. The van der Waals surface area contributed by atoms with Crippen molar-refractivity contribution in [3.63, 3.8) is 0 Å². The summed E-state index contributed by atoms with van der Waals surface area (Å²) in [6, 6.07) is 16.8. The fourth-order valence-electron chi connectivity index (χ4n) is 2.59. The zero-order valence-corrected chi connectivity index (χ0v) is 13.0. The van der Waals surface area contributed by atoms with Crippen molar-refractivity contribution in [3.8, 4) is 0 Å². The molecule has 1 N–H and O–H groups in total. The Balaban J connectivity index is 2.47. The highest BCUT2D eigenvalue weighted by atomic mass is 16.5. The third kappa shape index (κ3) is 3.69. The topological polar surface area (TPSA) is 66.8 Å². The number of ether oxygens (including phenoxy) is 1. The number of esters is 1. The van der Waals surface area contributed by atoms with Crippen molar-refractivity contribution < 1.29 is 19.4 Å². The van der Waals surface area contributed by atoms with E-state index in [9.17, 15) is 14.7 Å². The molecule has 0 aliphatic heterocycles. The van der Waals surface area contributed by atoms with Crippen LogP contribution >= 0.6 is 0 Å². The van der Waals surface area contributed by atoms with Gasteiger partial charge < -0.3 is 14.7 Å². The number of benzene rings is 2. The number of methoxy groups -OCH3 is 1. The van der Waals surface area contributed by atoms with Crippen molar-refractivity contribution >= 4 is 17.6 Å². The molecule has 0 saturated carbocycles. The maximum Gasteiger partial charge on any atom is 0.327 e. The van der Waals surface area contributed by atoms with Crippen LogP contribution in [-0.4, -0.2) is 37.2 Å². The third-order valence-electron chi connectivity index (χ3n) is 3.76. The molecule has 2 rings (SSSR count). The molecule has 0 aliphatic rings. The number of hydrogen-bond donors (Lipinski definition) is 1. The van der Waals surface area contributed by atoms with Gasteiger partial charge in [0.2, 0.25) is 0 Å². The zero-order chi connectivity index (χ0) is 16.8. The van der Waals surface area contributed by atoms with Crippen LogP contribution in [-0.2, 0) is 14.3 Å². The Labute approximate surface area is 135 Å². The minimum Gasteiger partial charge on any atom is -0.480 e. The number of nitrogens with zero attached hydrogens (tertiary/aromatic N) is 1. The predicted molar refractivity (Wildman–Crippen MR) is 87.5 cm³/mol. The van der Waals surface area contributed by atoms with Crippen LogP contribution in [0.25, 0.3) is 0 Å². The quantitative estimate of drug-likeness (QED) is 0.830. The van der Waals surface area contributed by atoms with E-state index in [0.29, 0.717) is 11.3 Å². The van der Waals surface area contributed by atoms with Gasteiger partial charge in [0, 0.05) is 12.7 Å². The number of para-hydroxylation sites is 1. The molecule has 0 aromatic heterocycles. The van der Waals surface area contributed by atoms with Crippen molar-refractivity contribution in [1.82, 2.24) is 0 Å². The molecule has 0 fully saturated rings. The number of aliphatic carboxylic acids is 1. The van der Waals surface area contributed by atoms with Gasteiger partial charge in [-0.05, 0) is 17.7 Å². The van der Waals surface area contributed by atoms with Gasteiger partial charge in [0.05, 0.1) is 7.11 Å². The first kappa shape index (κ1) is 16.5. The summed E-state index contributed by atoms with van der Waals surface area (Å²) in [5, 5.41) is 9.73. The van der Waals surface area contributed by atoms with E-state index in [1.165, 1.54) is 7.11 Å². The van der Waals surface area contributed by atoms with E-state index in [0.717, 1.165) is 0 Å². The minimum atomic E-state index is -1.09. The van der Waals surface area contributed by atoms with Crippen molar-refractivity contribution in [2.45, 2.75) is 12.0 Å². The summed E-state index contributed by atoms with van der Waals surface area (Å²) < 4.78 is 4.86. The monoisotopic (exact) mass is 313 g/mol. The Bertz CT molecular complexity index is 657. The van der Waals surface area contributed by atoms with Gasteiger partial charge in [0.25, 0.3) is 0 Å². The molecule has 0 spiro atoms. The second-order valence-corrected chi connectivity index (χ2v) is 5.14. The van der Waals surface area contributed by atoms with Crippen molar-refractivity contribution in [1.29, 1.82) is 0 Å². The molecule has 0 saturated heterocycles. The van der Waals surface area contributed by atoms with Gasteiger partial charge in [-0.15, -0.1) is 0 Å². The smallest absolute Gasteiger partial charge is 0.327 e. The Morgan fingerprint density at radius 3 is 2.00 bits per heavy atom. The molecule has 0 heterocycles. The lowest BCUT2D eigenvalue weighted by molar-refractivity contribution is -0.149. The molecule has 0 amide bonds. The molecule has 2 aromatic rings. The molecule has 2 atom stereocenters. The van der Waals surface area contributed by atoms with Crippen LogP contribution in [0.5, 0.6) is 0 Å². The van der Waals surface area contributed by atoms with E-state index < -0.39 is 23.9 Å². The number of carbonyl (C=O) groups excluding carboxylic acids is 1. The first-order valence-electron chi connectivity index (χ1n) is 7.19. The highest BCUT2D eigenvalue weighted by Crippen LogP contribution is 2.28. The lowest BCUT2D eigenvalue weighted by atomic mass is 9.90. The van der Waals surface area contributed by atoms with E-state index in [4.69, 9.17) is 4.74 Å². The predicted octanol–water partition coefficient (Wildman–Crippen LogP) is 2.53. The number of carboxylic acids is 1. The number of hydrogen-bond acceptors (Lipinski definition) is 4. The summed E-state index contributed by atoms with van der Waals surface area (Å²) in [7, 11) is 2.92. The van der Waals surface area contributed by atoms with Crippen LogP contribution in [0.15, 0.2) is 60.7 Å². The zero-order valence-electron chi connectivity index (χ0n) is 13.0. The molecule has 120 valence electrons. The number of carbonyl (C=O) groups is 2. The van der Waals surface area contributed by atoms with E-state index in [1.54, 1.807) is 48.3 Å². The number of likely N-dealkylation sites (N-methyl/N-ethyl adjacent to an activating group) is 1. The number of carboxylic acid groups (broad SMARTS) is 1. The van der Waals surface area contributed by atoms with Crippen molar-refractivity contribution in [3.05, 3.63) is 66.2 Å². The molecule has 2 aromatic carbocycles. The molecule has 2 unspecified atom stereocenters. The lowest BCUT2D eigenvalue weighted by Crippen LogP contribution is -2.46. The number of anilines is 1. The van der Waals surface area contributed by atoms with Crippen LogP contribution in [0.2, 0.25) is 0 Å². The van der Waals surface area contributed by atoms with Gasteiger partial charge in [-0.2, -0.15) is 0 Å². The normalized spacial score (nSPS) is 13.0. The number of rotatable bonds is 6. The highest BCUT2D eigenvalue weighted by molar-refractivity contribution is 5.90. The van der Waals surface area contributed by atoms with Crippen molar-refractivity contribution in [2.24, 2.45) is 0 Å². The summed E-state index contributed by atoms with van der Waals surface area (Å²) in [5.41, 5.74) is 1.32. The fourth-order valence-corrected chi connectivity index (χ4v) is 2.59. The van der Waals surface area contributed by atoms with E-state index in [1.807, 2.05) is 24.3 Å². The minimum absolute atomic E-state index is 0.577. The molecule has 0 radical (unpaired) electrons. The van der Waals surface area contributed by atoms with Crippen LogP contribution < -0.4 is 4.90 Å². The van der Waals surface area contributed by atoms with Crippen LogP contribution in [0.3, 0.4) is 0 Å². The highest BCUT2D eigenvalue weighted by Gasteiger charge is 2.39. The fraction of sp³-hybridized carbons (Fsp3) is 0.222. The summed E-state index contributed by atoms with van der Waals surface area (Å²) >= 11 is 0. The molecule has 5 nitrogen and oxygen atoms in total. The molecule has 23 heavy (non-hydrogen) atoms. The van der Waals surface area contributed by atoms with Gasteiger partial charge in [0.1, 0.15) is 12.0 Å². The molecule has 0 aliphatic carbocycles. The molecule has 5 heteroatoms. The van der Waals surface area contributed by atoms with E-state index in [-0.39, 0.29) is 0 Å². The van der Waals surface area contributed by atoms with Crippen LogP contribution in [0, 0.1) is 0 Å². The van der Waals surface area contributed by atoms with Gasteiger partial charge in [-0.25, -0.2) is 4.79 Å². The Kier molecular flexibility index (Phi) is 5.36. The SMILES string of the molecule is COC(=O)C(c1ccccc1)C(C(=O)O)N(C)c1ccccc1. The summed E-state index contributed by atoms with van der Waals surface area (Å²) in [5.74, 6) is -2.59. The summed E-state index contributed by atoms with van der Waals surface area (Å²) in [6.07, 6.45) is 0. The van der Waals surface area contributed by atoms with Crippen LogP contribution in [0.1, 0.15) is 11.5 Å². The van der Waals surface area contributed by atoms with Gasteiger partial charge >= 0.3 is 11.9 Å².